The van der Waals surface area contributed by atoms with Crippen LogP contribution >= 0.6 is 0 Å². The normalized spacial score (nSPS) is 15.0. The third kappa shape index (κ3) is 4.36. The molecule has 4 rings (SSSR count). The number of hydrogen-bond acceptors (Lipinski definition) is 2. The number of aliphatic imine (C=N–C) groups is 1. The molecule has 0 N–H and O–H groups in total. The Kier molecular flexibility index (Phi) is 5.98. The van der Waals surface area contributed by atoms with Gasteiger partial charge in [0.05, 0.1) is 0 Å². The van der Waals surface area contributed by atoms with Crippen molar-refractivity contribution in [2.75, 3.05) is 33.1 Å². The second-order valence-corrected chi connectivity index (χ2v) is 11.3. The van der Waals surface area contributed by atoms with Crippen LogP contribution in [0.1, 0.15) is 10.0 Å². The average Bonchev–Trinajstić information content (AvgIpc) is 3.35. The molecular weight excluding hydrogens is 490 g/mol. The number of benzene rings is 2. The fourth-order valence-electron chi connectivity index (χ4n) is 2.94. The van der Waals surface area contributed by atoms with Crippen molar-refractivity contribution >= 4 is 50.7 Å². The zero-order chi connectivity index (χ0) is 20.4. The van der Waals surface area contributed by atoms with Gasteiger partial charge in [0.15, 0.2) is 0 Å². The number of hydrogen-bond donors (Lipinski definition) is 0. The Morgan fingerprint density at radius 2 is 1.52 bits per heavy atom. The molecule has 3 aromatic rings. The predicted octanol–water partition coefficient (Wildman–Crippen LogP) is 3.05. The Labute approximate surface area is 184 Å². The molecule has 4 nitrogen and oxygen atoms in total. The molecule has 0 atom stereocenters. The van der Waals surface area contributed by atoms with Gasteiger partial charge in [-0.15, -0.1) is 0 Å². The van der Waals surface area contributed by atoms with Crippen LogP contribution in [0.25, 0.3) is 17.3 Å². The fourth-order valence-corrected chi connectivity index (χ4v) is 7.32. The van der Waals surface area contributed by atoms with Crippen LogP contribution in [-0.4, -0.2) is 77.7 Å². The van der Waals surface area contributed by atoms with Crippen molar-refractivity contribution < 1.29 is 4.58 Å². The first-order chi connectivity index (χ1) is 14.0. The fraction of sp³-hybridized carbons (Fsp3) is 0.174. The second-order valence-electron chi connectivity index (χ2n) is 7.08. The van der Waals surface area contributed by atoms with E-state index in [0.29, 0.717) is 0 Å². The summed E-state index contributed by atoms with van der Waals surface area (Å²) in [6.45, 7) is 0. The van der Waals surface area contributed by atoms with Gasteiger partial charge in [0.1, 0.15) is 0 Å². The van der Waals surface area contributed by atoms with E-state index in [1.807, 2.05) is 0 Å². The molecule has 6 heteroatoms. The minimum atomic E-state index is 0.181. The van der Waals surface area contributed by atoms with Crippen LogP contribution in [0, 0.1) is 0 Å². The maximum atomic E-state index is 4.99. The Hall–Kier alpha value is -2.23. The van der Waals surface area contributed by atoms with Crippen molar-refractivity contribution in [1.29, 1.82) is 0 Å². The quantitative estimate of drug-likeness (QED) is 0.397. The van der Waals surface area contributed by atoms with Crippen molar-refractivity contribution in [3.63, 3.8) is 0 Å². The van der Waals surface area contributed by atoms with Crippen LogP contribution in [0.3, 0.4) is 0 Å². The van der Waals surface area contributed by atoms with Crippen molar-refractivity contribution in [1.82, 2.24) is 4.98 Å². The molecule has 0 radical (unpaired) electrons. The van der Waals surface area contributed by atoms with Gasteiger partial charge in [-0.2, -0.15) is 0 Å². The van der Waals surface area contributed by atoms with Gasteiger partial charge in [-0.05, 0) is 0 Å². The molecule has 0 saturated heterocycles. The number of nitrogens with zero attached hydrogens (tertiary/aromatic N) is 4. The SMILES string of the molecule is CN(C)c1nc(-c2ccccc2)c(/C=C2\[Se]C(=[N+](C)C)N=C2c2ccccc2)[se]1. The molecule has 0 amide bonds. The molecular formula is C23H23N4Se2+. The van der Waals surface area contributed by atoms with E-state index in [-0.39, 0.29) is 29.5 Å². The van der Waals surface area contributed by atoms with Crippen molar-refractivity contribution in [3.8, 4) is 11.3 Å². The minimum absolute atomic E-state index is 0.181. The Morgan fingerprint density at radius 3 is 2.10 bits per heavy atom. The van der Waals surface area contributed by atoms with Crippen LogP contribution < -0.4 is 4.90 Å². The molecule has 0 bridgehead atoms. The van der Waals surface area contributed by atoms with Gasteiger partial charge in [0.25, 0.3) is 0 Å². The van der Waals surface area contributed by atoms with E-state index in [0.717, 1.165) is 20.8 Å². The molecule has 29 heavy (non-hydrogen) atoms. The van der Waals surface area contributed by atoms with Gasteiger partial charge in [-0.3, -0.25) is 0 Å². The van der Waals surface area contributed by atoms with Crippen molar-refractivity contribution in [3.05, 3.63) is 75.1 Å². The summed E-state index contributed by atoms with van der Waals surface area (Å²) in [6.07, 6.45) is 2.37. The van der Waals surface area contributed by atoms with Gasteiger partial charge >= 0.3 is 185 Å². The van der Waals surface area contributed by atoms with Gasteiger partial charge in [-0.25, -0.2) is 0 Å². The number of allylic oxidation sites excluding steroid dienone is 1. The van der Waals surface area contributed by atoms with Crippen molar-refractivity contribution in [2.45, 2.75) is 0 Å². The standard InChI is InChI=1S/C23H23N4Se2/c1-26(2)22-24-20(16-11-7-5-8-12-16)18(28-22)15-19-21(17-13-9-6-10-14-17)25-23(29-19)27(3)4/h5-15H,1-4H3/q+1. The zero-order valence-electron chi connectivity index (χ0n) is 17.0. The van der Waals surface area contributed by atoms with Crippen LogP contribution in [-0.2, 0) is 0 Å². The van der Waals surface area contributed by atoms with E-state index < -0.39 is 0 Å². The number of amidine groups is 1. The van der Waals surface area contributed by atoms with E-state index in [9.17, 15) is 0 Å². The molecule has 1 aliphatic heterocycles. The molecule has 2 aromatic carbocycles. The third-order valence-electron chi connectivity index (χ3n) is 4.41. The summed E-state index contributed by atoms with van der Waals surface area (Å²) < 4.78 is 7.10. The molecule has 2 heterocycles. The first-order valence-electron chi connectivity index (χ1n) is 9.35. The first kappa shape index (κ1) is 20.1. The Morgan fingerprint density at radius 1 is 0.897 bits per heavy atom. The van der Waals surface area contributed by atoms with Crippen molar-refractivity contribution in [2.24, 2.45) is 4.99 Å². The van der Waals surface area contributed by atoms with Gasteiger partial charge in [0.2, 0.25) is 0 Å². The van der Waals surface area contributed by atoms with E-state index >= 15 is 0 Å². The summed E-state index contributed by atoms with van der Waals surface area (Å²) in [5, 5.41) is 0. The summed E-state index contributed by atoms with van der Waals surface area (Å²) in [5.41, 5.74) is 4.56. The monoisotopic (exact) mass is 515 g/mol. The number of rotatable bonds is 4. The van der Waals surface area contributed by atoms with Crippen LogP contribution in [0.5, 0.6) is 0 Å². The summed E-state index contributed by atoms with van der Waals surface area (Å²) >= 11 is 0.362. The van der Waals surface area contributed by atoms with Gasteiger partial charge in [0, 0.05) is 0 Å². The first-order valence-corrected chi connectivity index (χ1v) is 12.8. The summed E-state index contributed by atoms with van der Waals surface area (Å²) in [5.74, 6) is 0. The van der Waals surface area contributed by atoms with Crippen LogP contribution in [0.2, 0.25) is 0 Å². The molecule has 0 saturated carbocycles. The Bertz CT molecular complexity index is 1110. The molecule has 1 aliphatic rings. The summed E-state index contributed by atoms with van der Waals surface area (Å²) in [4.78, 5) is 12.1. The summed E-state index contributed by atoms with van der Waals surface area (Å²) in [7, 11) is 8.31. The van der Waals surface area contributed by atoms with Crippen LogP contribution in [0.15, 0.2) is 70.1 Å². The topological polar surface area (TPSA) is 31.5 Å². The molecule has 146 valence electrons. The Balaban J connectivity index is 1.85. The van der Waals surface area contributed by atoms with E-state index in [4.69, 9.17) is 9.98 Å². The molecule has 1 aromatic heterocycles. The third-order valence-corrected chi connectivity index (χ3v) is 9.32. The number of aromatic nitrogens is 1. The van der Waals surface area contributed by atoms with Gasteiger partial charge in [-0.1, -0.05) is 0 Å². The number of anilines is 1. The van der Waals surface area contributed by atoms with E-state index in [1.165, 1.54) is 20.0 Å². The summed E-state index contributed by atoms with van der Waals surface area (Å²) in [6, 6.07) is 21.0. The molecule has 0 fully saturated rings. The molecule has 0 unspecified atom stereocenters. The van der Waals surface area contributed by atoms with E-state index in [1.54, 1.807) is 0 Å². The molecule has 0 aliphatic carbocycles. The average molecular weight is 513 g/mol. The van der Waals surface area contributed by atoms with E-state index in [2.05, 4.69) is 104 Å². The molecule has 0 spiro atoms. The second kappa shape index (κ2) is 8.64. The zero-order valence-corrected chi connectivity index (χ0v) is 20.4. The predicted molar refractivity (Wildman–Crippen MR) is 125 cm³/mol. The van der Waals surface area contributed by atoms with Gasteiger partial charge < -0.3 is 0 Å². The van der Waals surface area contributed by atoms with Crippen LogP contribution in [0.4, 0.5) is 4.69 Å². The maximum absolute atomic E-state index is 4.99.